The molecule has 0 saturated carbocycles. The van der Waals surface area contributed by atoms with Crippen LogP contribution in [-0.2, 0) is 4.57 Å². The standard InChI is InChI=1S/C21H22N5O2P/c1-15-22-20(26-13-11-25(2)12-14-26)24-21(23-15)29(27)19-10-6-4-8-17(19)16-7-3-5-9-18(16)28-29/h3-10H,11-14H2,1-2H3. The van der Waals surface area contributed by atoms with Crippen LogP contribution in [0.4, 0.5) is 5.95 Å². The number of likely N-dealkylation sites (N-methyl/N-ethyl adjacent to an activating group) is 1. The maximum Gasteiger partial charge on any atom is 0.344 e. The van der Waals surface area contributed by atoms with E-state index in [2.05, 4.69) is 31.8 Å². The van der Waals surface area contributed by atoms with Crippen molar-refractivity contribution in [3.63, 3.8) is 0 Å². The summed E-state index contributed by atoms with van der Waals surface area (Å²) in [5.41, 5.74) is 2.04. The van der Waals surface area contributed by atoms with Crippen LogP contribution in [0, 0.1) is 6.92 Å². The Hall–Kier alpha value is -2.76. The van der Waals surface area contributed by atoms with Gasteiger partial charge in [-0.15, -0.1) is 0 Å². The van der Waals surface area contributed by atoms with E-state index in [0.29, 0.717) is 22.8 Å². The Kier molecular flexibility index (Phi) is 4.37. The van der Waals surface area contributed by atoms with Gasteiger partial charge in [0.25, 0.3) is 0 Å². The minimum Gasteiger partial charge on any atom is -0.434 e. The van der Waals surface area contributed by atoms with Crippen LogP contribution in [0.3, 0.4) is 0 Å². The number of rotatable bonds is 2. The molecule has 1 unspecified atom stereocenters. The molecule has 0 aliphatic carbocycles. The van der Waals surface area contributed by atoms with Crippen LogP contribution >= 0.6 is 7.37 Å². The Morgan fingerprint density at radius 3 is 2.38 bits per heavy atom. The zero-order valence-corrected chi connectivity index (χ0v) is 17.3. The topological polar surface area (TPSA) is 71.5 Å². The summed E-state index contributed by atoms with van der Waals surface area (Å²) in [6, 6.07) is 15.3. The summed E-state index contributed by atoms with van der Waals surface area (Å²) in [7, 11) is -1.40. The Bertz CT molecular complexity index is 1130. The fraction of sp³-hybridized carbons (Fsp3) is 0.286. The summed E-state index contributed by atoms with van der Waals surface area (Å²) in [6.45, 7) is 5.32. The lowest BCUT2D eigenvalue weighted by molar-refractivity contribution is 0.311. The predicted molar refractivity (Wildman–Crippen MR) is 114 cm³/mol. The Balaban J connectivity index is 1.63. The van der Waals surface area contributed by atoms with Gasteiger partial charge in [-0.25, -0.2) is 4.98 Å². The van der Waals surface area contributed by atoms with Crippen molar-refractivity contribution in [2.75, 3.05) is 38.1 Å². The number of aromatic nitrogens is 3. The van der Waals surface area contributed by atoms with Gasteiger partial charge < -0.3 is 14.3 Å². The van der Waals surface area contributed by atoms with Gasteiger partial charge >= 0.3 is 7.37 Å². The van der Waals surface area contributed by atoms with Crippen molar-refractivity contribution in [3.8, 4) is 16.9 Å². The van der Waals surface area contributed by atoms with E-state index >= 15 is 0 Å². The highest BCUT2D eigenvalue weighted by atomic mass is 31.2. The van der Waals surface area contributed by atoms with Crippen LogP contribution in [0.15, 0.2) is 48.5 Å². The predicted octanol–water partition coefficient (Wildman–Crippen LogP) is 2.22. The number of hydrogen-bond acceptors (Lipinski definition) is 7. The van der Waals surface area contributed by atoms with Gasteiger partial charge in [0.05, 0.1) is 5.30 Å². The molecule has 2 aromatic carbocycles. The van der Waals surface area contributed by atoms with Gasteiger partial charge in [-0.3, -0.25) is 4.57 Å². The summed E-state index contributed by atoms with van der Waals surface area (Å²) < 4.78 is 20.4. The van der Waals surface area contributed by atoms with E-state index < -0.39 is 7.37 Å². The normalized spacial score (nSPS) is 21.2. The van der Waals surface area contributed by atoms with E-state index in [-0.39, 0.29) is 5.57 Å². The van der Waals surface area contributed by atoms with Gasteiger partial charge in [-0.1, -0.05) is 36.4 Å². The van der Waals surface area contributed by atoms with Crippen molar-refractivity contribution in [2.24, 2.45) is 0 Å². The molecule has 29 heavy (non-hydrogen) atoms. The third kappa shape index (κ3) is 3.11. The summed E-state index contributed by atoms with van der Waals surface area (Å²) in [5.74, 6) is 1.70. The van der Waals surface area contributed by atoms with Crippen LogP contribution in [0.25, 0.3) is 11.1 Å². The van der Waals surface area contributed by atoms with Crippen molar-refractivity contribution >= 4 is 24.2 Å². The van der Waals surface area contributed by atoms with Crippen molar-refractivity contribution in [3.05, 3.63) is 54.4 Å². The van der Waals surface area contributed by atoms with E-state index in [9.17, 15) is 4.57 Å². The molecule has 3 aromatic rings. The molecular weight excluding hydrogens is 385 g/mol. The second kappa shape index (κ2) is 6.94. The molecule has 8 heteroatoms. The molecule has 1 aromatic heterocycles. The fourth-order valence-electron chi connectivity index (χ4n) is 3.80. The summed E-state index contributed by atoms with van der Waals surface area (Å²) in [6.07, 6.45) is 0. The number of anilines is 1. The second-order valence-electron chi connectivity index (χ2n) is 7.43. The third-order valence-electron chi connectivity index (χ3n) is 5.40. The molecule has 2 aliphatic rings. The van der Waals surface area contributed by atoms with Crippen LogP contribution in [0.5, 0.6) is 5.75 Å². The quantitative estimate of drug-likeness (QED) is 0.603. The lowest BCUT2D eigenvalue weighted by atomic mass is 10.0. The fourth-order valence-corrected chi connectivity index (χ4v) is 5.92. The summed E-state index contributed by atoms with van der Waals surface area (Å²) in [4.78, 5) is 18.0. The smallest absolute Gasteiger partial charge is 0.344 e. The molecule has 0 N–H and O–H groups in total. The van der Waals surface area contributed by atoms with E-state index in [1.165, 1.54) is 0 Å². The van der Waals surface area contributed by atoms with E-state index in [1.807, 2.05) is 48.5 Å². The van der Waals surface area contributed by atoms with E-state index in [1.54, 1.807) is 6.92 Å². The average Bonchev–Trinajstić information content (AvgIpc) is 2.74. The van der Waals surface area contributed by atoms with Gasteiger partial charge in [0.15, 0.2) is 0 Å². The highest BCUT2D eigenvalue weighted by molar-refractivity contribution is 7.74. The highest BCUT2D eigenvalue weighted by Crippen LogP contribution is 2.53. The van der Waals surface area contributed by atoms with E-state index in [0.717, 1.165) is 37.3 Å². The van der Waals surface area contributed by atoms with Gasteiger partial charge in [0.2, 0.25) is 11.5 Å². The molecule has 7 nitrogen and oxygen atoms in total. The highest BCUT2D eigenvalue weighted by Gasteiger charge is 2.41. The lowest BCUT2D eigenvalue weighted by Gasteiger charge is -2.33. The first-order valence-electron chi connectivity index (χ1n) is 9.70. The number of fused-ring (bicyclic) bond motifs is 3. The van der Waals surface area contributed by atoms with Gasteiger partial charge in [0.1, 0.15) is 11.6 Å². The van der Waals surface area contributed by atoms with Crippen LogP contribution < -0.4 is 20.3 Å². The average molecular weight is 407 g/mol. The van der Waals surface area contributed by atoms with Gasteiger partial charge in [-0.2, -0.15) is 9.97 Å². The third-order valence-corrected chi connectivity index (χ3v) is 7.60. The van der Waals surface area contributed by atoms with Crippen molar-refractivity contribution < 1.29 is 9.09 Å². The second-order valence-corrected chi connectivity index (χ2v) is 9.60. The minimum atomic E-state index is -3.50. The van der Waals surface area contributed by atoms with E-state index in [4.69, 9.17) is 4.52 Å². The zero-order chi connectivity index (χ0) is 20.0. The Morgan fingerprint density at radius 1 is 0.897 bits per heavy atom. The largest absolute Gasteiger partial charge is 0.434 e. The van der Waals surface area contributed by atoms with Gasteiger partial charge in [0, 0.05) is 31.7 Å². The summed E-state index contributed by atoms with van der Waals surface area (Å²) in [5, 5.41) is 0.633. The molecule has 1 atom stereocenters. The molecule has 0 radical (unpaired) electrons. The van der Waals surface area contributed by atoms with Crippen molar-refractivity contribution in [2.45, 2.75) is 6.92 Å². The molecule has 2 aliphatic heterocycles. The number of para-hydroxylation sites is 1. The summed E-state index contributed by atoms with van der Waals surface area (Å²) >= 11 is 0. The molecule has 0 bridgehead atoms. The van der Waals surface area contributed by atoms with Crippen LogP contribution in [0.1, 0.15) is 5.82 Å². The molecule has 0 spiro atoms. The number of benzene rings is 2. The maximum atomic E-state index is 14.3. The number of nitrogens with zero attached hydrogens (tertiary/aromatic N) is 5. The number of aryl methyl sites for hydroxylation is 1. The SMILES string of the molecule is Cc1nc(N2CCN(C)CC2)nc(P2(=O)Oc3ccccc3-c3ccccc32)n1. The molecule has 1 fully saturated rings. The monoisotopic (exact) mass is 407 g/mol. The zero-order valence-electron chi connectivity index (χ0n) is 16.4. The molecule has 0 amide bonds. The minimum absolute atomic E-state index is 0.209. The molecule has 3 heterocycles. The van der Waals surface area contributed by atoms with Crippen LogP contribution in [0.2, 0.25) is 0 Å². The first kappa shape index (κ1) is 18.3. The van der Waals surface area contributed by atoms with Crippen molar-refractivity contribution in [1.82, 2.24) is 19.9 Å². The first-order valence-corrected chi connectivity index (χ1v) is 11.3. The maximum absolute atomic E-state index is 14.3. The molecular formula is C21H22N5O2P. The molecule has 1 saturated heterocycles. The number of piperazine rings is 1. The van der Waals surface area contributed by atoms with Gasteiger partial charge in [-0.05, 0) is 31.7 Å². The number of hydrogen-bond donors (Lipinski definition) is 0. The van der Waals surface area contributed by atoms with Crippen molar-refractivity contribution in [1.29, 1.82) is 0 Å². The first-order chi connectivity index (χ1) is 14.0. The van der Waals surface area contributed by atoms with Crippen LogP contribution in [-0.4, -0.2) is 53.1 Å². The Labute approximate surface area is 169 Å². The lowest BCUT2D eigenvalue weighted by Crippen LogP contribution is -2.46. The molecule has 5 rings (SSSR count). The Morgan fingerprint density at radius 2 is 1.59 bits per heavy atom. The molecule has 148 valence electrons.